The average molecular weight is 435 g/mol. The monoisotopic (exact) mass is 434 g/mol. The van der Waals surface area contributed by atoms with E-state index < -0.39 is 0 Å². The van der Waals surface area contributed by atoms with Crippen molar-refractivity contribution in [2.45, 2.75) is 33.6 Å². The number of hydrogen-bond donors (Lipinski definition) is 2. The molecule has 2 N–H and O–H groups in total. The van der Waals surface area contributed by atoms with Crippen LogP contribution in [0.5, 0.6) is 0 Å². The summed E-state index contributed by atoms with van der Waals surface area (Å²) < 4.78 is 0. The molecule has 3 aromatic heterocycles. The average Bonchev–Trinajstić information content (AvgIpc) is 3.58. The molecule has 0 unspecified atom stereocenters. The minimum absolute atomic E-state index is 0.885. The van der Waals surface area contributed by atoms with E-state index in [4.69, 9.17) is 0 Å². The molecular weight excluding hydrogens is 404 g/mol. The Balaban J connectivity index is 1.79. The molecule has 1 aliphatic carbocycles. The van der Waals surface area contributed by atoms with E-state index in [2.05, 4.69) is 95.8 Å². The fourth-order valence-electron chi connectivity index (χ4n) is 4.17. The molecule has 1 aliphatic rings. The summed E-state index contributed by atoms with van der Waals surface area (Å²) in [7, 11) is 0. The zero-order valence-corrected chi connectivity index (χ0v) is 19.6. The number of rotatable bonds is 8. The number of aromatic amines is 2. The standard InChI is InChI=1S/C29H30N4/c1-6-12-23(22-13-10-11-14-22)24-16-27(31-19(24)5)29-25-17-26(30-18-28(25)32-33-29)21(9-4)15-20(7-2)8-3/h6-7,9-10,12-18,31H,1-2,8,11H2,3-5H3,(H,32,33)/b20-15+,21-9+,23-12-. The highest BCUT2D eigenvalue weighted by molar-refractivity contribution is 5.95. The number of fused-ring (bicyclic) bond motifs is 1. The summed E-state index contributed by atoms with van der Waals surface area (Å²) in [5, 5.41) is 8.80. The lowest BCUT2D eigenvalue weighted by Gasteiger charge is -2.06. The van der Waals surface area contributed by atoms with E-state index in [1.807, 2.05) is 25.3 Å². The molecule has 0 bridgehead atoms. The van der Waals surface area contributed by atoms with Crippen LogP contribution in [0.1, 0.15) is 43.6 Å². The third-order valence-corrected chi connectivity index (χ3v) is 5.99. The Morgan fingerprint density at radius 3 is 2.76 bits per heavy atom. The van der Waals surface area contributed by atoms with Gasteiger partial charge in [0, 0.05) is 16.6 Å². The molecule has 0 aromatic carbocycles. The van der Waals surface area contributed by atoms with E-state index in [0.29, 0.717) is 0 Å². The van der Waals surface area contributed by atoms with E-state index in [1.54, 1.807) is 0 Å². The third-order valence-electron chi connectivity index (χ3n) is 5.99. The Hall–Kier alpha value is -3.92. The van der Waals surface area contributed by atoms with Gasteiger partial charge in [0.2, 0.25) is 0 Å². The molecule has 4 rings (SSSR count). The van der Waals surface area contributed by atoms with Gasteiger partial charge in [-0.25, -0.2) is 0 Å². The summed E-state index contributed by atoms with van der Waals surface area (Å²) in [6, 6.07) is 4.28. The van der Waals surface area contributed by atoms with Crippen LogP contribution in [0, 0.1) is 6.92 Å². The van der Waals surface area contributed by atoms with Gasteiger partial charge in [0.15, 0.2) is 0 Å². The number of aromatic nitrogens is 4. The first-order chi connectivity index (χ1) is 16.1. The van der Waals surface area contributed by atoms with Crippen LogP contribution < -0.4 is 0 Å². The van der Waals surface area contributed by atoms with Gasteiger partial charge in [0.05, 0.1) is 23.1 Å². The summed E-state index contributed by atoms with van der Waals surface area (Å²) in [5.41, 5.74) is 10.6. The number of allylic oxidation sites excluding steroid dienone is 12. The molecule has 33 heavy (non-hydrogen) atoms. The molecule has 0 radical (unpaired) electrons. The third kappa shape index (κ3) is 4.37. The first-order valence-corrected chi connectivity index (χ1v) is 11.3. The first-order valence-electron chi connectivity index (χ1n) is 11.3. The molecule has 0 saturated heterocycles. The highest BCUT2D eigenvalue weighted by Gasteiger charge is 2.17. The van der Waals surface area contributed by atoms with Gasteiger partial charge in [-0.1, -0.05) is 62.6 Å². The predicted molar refractivity (Wildman–Crippen MR) is 141 cm³/mol. The first kappa shape index (κ1) is 22.3. The molecule has 166 valence electrons. The number of aryl methyl sites for hydroxylation is 1. The van der Waals surface area contributed by atoms with Gasteiger partial charge in [0.25, 0.3) is 0 Å². The van der Waals surface area contributed by atoms with Gasteiger partial charge in [-0.05, 0) is 67.2 Å². The number of nitrogens with zero attached hydrogens (tertiary/aromatic N) is 2. The van der Waals surface area contributed by atoms with Gasteiger partial charge >= 0.3 is 0 Å². The lowest BCUT2D eigenvalue weighted by Crippen LogP contribution is -1.89. The highest BCUT2D eigenvalue weighted by Crippen LogP contribution is 2.35. The molecule has 0 spiro atoms. The zero-order valence-electron chi connectivity index (χ0n) is 19.6. The Labute approximate surface area is 195 Å². The van der Waals surface area contributed by atoms with E-state index in [-0.39, 0.29) is 0 Å². The molecule has 3 heterocycles. The van der Waals surface area contributed by atoms with Crippen LogP contribution in [0.15, 0.2) is 91.2 Å². The van der Waals surface area contributed by atoms with Gasteiger partial charge < -0.3 is 4.98 Å². The molecular formula is C29H30N4. The van der Waals surface area contributed by atoms with E-state index in [1.165, 1.54) is 16.7 Å². The van der Waals surface area contributed by atoms with Crippen molar-refractivity contribution in [3.8, 4) is 11.4 Å². The smallest absolute Gasteiger partial charge is 0.116 e. The Bertz CT molecular complexity index is 1370. The van der Waals surface area contributed by atoms with Crippen molar-refractivity contribution >= 4 is 22.0 Å². The fourth-order valence-corrected chi connectivity index (χ4v) is 4.17. The summed E-state index contributed by atoms with van der Waals surface area (Å²) in [6.45, 7) is 14.1. The fraction of sp³-hybridized carbons (Fsp3) is 0.172. The van der Waals surface area contributed by atoms with Crippen molar-refractivity contribution in [2.75, 3.05) is 0 Å². The number of nitrogens with one attached hydrogen (secondary N) is 2. The van der Waals surface area contributed by atoms with Crippen LogP contribution in [-0.4, -0.2) is 20.2 Å². The minimum Gasteiger partial charge on any atom is -0.357 e. The van der Waals surface area contributed by atoms with Crippen LogP contribution in [0.3, 0.4) is 0 Å². The summed E-state index contributed by atoms with van der Waals surface area (Å²) in [5.74, 6) is 0. The van der Waals surface area contributed by atoms with Crippen molar-refractivity contribution in [2.24, 2.45) is 0 Å². The van der Waals surface area contributed by atoms with Gasteiger partial charge in [-0.3, -0.25) is 10.1 Å². The van der Waals surface area contributed by atoms with Crippen LogP contribution in [-0.2, 0) is 0 Å². The largest absolute Gasteiger partial charge is 0.357 e. The predicted octanol–water partition coefficient (Wildman–Crippen LogP) is 7.64. The normalized spacial score (nSPS) is 14.8. The zero-order chi connectivity index (χ0) is 23.4. The van der Waals surface area contributed by atoms with Crippen LogP contribution in [0.4, 0.5) is 0 Å². The van der Waals surface area contributed by atoms with E-state index in [9.17, 15) is 0 Å². The second-order valence-corrected chi connectivity index (χ2v) is 8.04. The van der Waals surface area contributed by atoms with Crippen molar-refractivity contribution in [1.29, 1.82) is 0 Å². The summed E-state index contributed by atoms with van der Waals surface area (Å²) >= 11 is 0. The van der Waals surface area contributed by atoms with Gasteiger partial charge in [-0.2, -0.15) is 5.10 Å². The molecule has 4 heteroatoms. The quantitative estimate of drug-likeness (QED) is 0.358. The SMILES string of the molecule is C=C/C=C(/C1=CCC=C1)c1cc(-c2n[nH]c3cnc(C(/C=C(\C=C)CC)=C/C)cc23)[nH]c1C. The van der Waals surface area contributed by atoms with E-state index in [0.717, 1.165) is 57.7 Å². The minimum atomic E-state index is 0.885. The van der Waals surface area contributed by atoms with Crippen molar-refractivity contribution in [1.82, 2.24) is 20.2 Å². The van der Waals surface area contributed by atoms with Crippen LogP contribution in [0.2, 0.25) is 0 Å². The second kappa shape index (κ2) is 9.70. The lowest BCUT2D eigenvalue weighted by atomic mass is 9.98. The maximum atomic E-state index is 4.67. The Morgan fingerprint density at radius 1 is 1.24 bits per heavy atom. The maximum absolute atomic E-state index is 4.67. The summed E-state index contributed by atoms with van der Waals surface area (Å²) in [4.78, 5) is 8.22. The lowest BCUT2D eigenvalue weighted by molar-refractivity contribution is 1.11. The highest BCUT2D eigenvalue weighted by atomic mass is 15.1. The number of pyridine rings is 1. The molecule has 3 aromatic rings. The molecule has 4 nitrogen and oxygen atoms in total. The van der Waals surface area contributed by atoms with Crippen LogP contribution >= 0.6 is 0 Å². The van der Waals surface area contributed by atoms with Gasteiger partial charge in [-0.15, -0.1) is 0 Å². The second-order valence-electron chi connectivity index (χ2n) is 8.04. The number of H-pyrrole nitrogens is 2. The number of hydrogen-bond acceptors (Lipinski definition) is 2. The summed E-state index contributed by atoms with van der Waals surface area (Å²) in [6.07, 6.45) is 20.4. The Morgan fingerprint density at radius 2 is 2.09 bits per heavy atom. The Kier molecular flexibility index (Phi) is 6.55. The molecule has 0 saturated carbocycles. The van der Waals surface area contributed by atoms with Crippen molar-refractivity contribution in [3.63, 3.8) is 0 Å². The molecule has 0 aliphatic heterocycles. The van der Waals surface area contributed by atoms with Gasteiger partial charge in [0.1, 0.15) is 5.69 Å². The van der Waals surface area contributed by atoms with Crippen molar-refractivity contribution < 1.29 is 0 Å². The van der Waals surface area contributed by atoms with E-state index >= 15 is 0 Å². The van der Waals surface area contributed by atoms with Crippen LogP contribution in [0.25, 0.3) is 33.4 Å². The molecule has 0 fully saturated rings. The maximum Gasteiger partial charge on any atom is 0.116 e. The van der Waals surface area contributed by atoms with Crippen molar-refractivity contribution in [3.05, 3.63) is 108 Å². The topological polar surface area (TPSA) is 57.4 Å². The molecule has 0 amide bonds. The molecule has 0 atom stereocenters.